The lowest BCUT2D eigenvalue weighted by atomic mass is 10.1. The van der Waals surface area contributed by atoms with Crippen LogP contribution in [0.3, 0.4) is 0 Å². The van der Waals surface area contributed by atoms with Crippen LogP contribution in [-0.4, -0.2) is 9.97 Å². The van der Waals surface area contributed by atoms with E-state index in [1.165, 1.54) is 16.0 Å². The molecule has 0 fully saturated rings. The Kier molecular flexibility index (Phi) is 2.11. The second kappa shape index (κ2) is 3.78. The van der Waals surface area contributed by atoms with Gasteiger partial charge in [-0.1, -0.05) is 18.2 Å². The minimum Gasteiger partial charge on any atom is -0.375 e. The van der Waals surface area contributed by atoms with Gasteiger partial charge in [0.2, 0.25) is 0 Å². The van der Waals surface area contributed by atoms with E-state index in [1.807, 2.05) is 18.5 Å². The quantitative estimate of drug-likeness (QED) is 0.722. The summed E-state index contributed by atoms with van der Waals surface area (Å²) in [5, 5.41) is 4.69. The van der Waals surface area contributed by atoms with Gasteiger partial charge in [-0.05, 0) is 17.7 Å². The summed E-state index contributed by atoms with van der Waals surface area (Å²) in [7, 11) is 0. The summed E-state index contributed by atoms with van der Waals surface area (Å²) in [5.74, 6) is 0. The number of nitrogens with zero attached hydrogens (tertiary/aromatic N) is 2. The second-order valence-electron chi connectivity index (χ2n) is 4.45. The Morgan fingerprint density at radius 2 is 2.17 bits per heavy atom. The summed E-state index contributed by atoms with van der Waals surface area (Å²) in [5.41, 5.74) is 3.61. The molecular formula is C14H11N3S. The molecular weight excluding hydrogens is 242 g/mol. The Hall–Kier alpha value is -1.94. The first-order valence-electron chi connectivity index (χ1n) is 5.95. The van der Waals surface area contributed by atoms with E-state index < -0.39 is 0 Å². The Balaban J connectivity index is 1.73. The van der Waals surface area contributed by atoms with Gasteiger partial charge in [0.05, 0.1) is 22.5 Å². The fraction of sp³-hybridized carbons (Fsp3) is 0.143. The maximum absolute atomic E-state index is 4.67. The van der Waals surface area contributed by atoms with E-state index in [1.54, 1.807) is 11.3 Å². The van der Waals surface area contributed by atoms with Crippen LogP contribution in [0.2, 0.25) is 0 Å². The van der Waals surface area contributed by atoms with E-state index in [0.717, 1.165) is 16.9 Å². The van der Waals surface area contributed by atoms with Crippen LogP contribution in [0.1, 0.15) is 16.6 Å². The first kappa shape index (κ1) is 10.0. The number of nitrogens with one attached hydrogen (secondary N) is 1. The van der Waals surface area contributed by atoms with Gasteiger partial charge >= 0.3 is 0 Å². The predicted octanol–water partition coefficient (Wildman–Crippen LogP) is 3.40. The van der Waals surface area contributed by atoms with Crippen LogP contribution < -0.4 is 5.32 Å². The lowest BCUT2D eigenvalue weighted by Crippen LogP contribution is -2.04. The molecule has 1 N–H and O–H groups in total. The van der Waals surface area contributed by atoms with Gasteiger partial charge in [-0.15, -0.1) is 11.3 Å². The van der Waals surface area contributed by atoms with E-state index >= 15 is 0 Å². The third kappa shape index (κ3) is 1.49. The van der Waals surface area contributed by atoms with Crippen molar-refractivity contribution in [3.05, 3.63) is 53.3 Å². The molecule has 3 aromatic rings. The van der Waals surface area contributed by atoms with E-state index in [9.17, 15) is 0 Å². The molecule has 88 valence electrons. The molecule has 1 aliphatic rings. The Morgan fingerprint density at radius 3 is 3.06 bits per heavy atom. The molecule has 4 heteroatoms. The SMILES string of the molecule is c1ccc2c(c1)CC(c1nc3cnccc3s1)N2. The number of aromatic nitrogens is 2. The van der Waals surface area contributed by atoms with Gasteiger partial charge in [0.15, 0.2) is 0 Å². The van der Waals surface area contributed by atoms with Gasteiger partial charge in [0, 0.05) is 18.3 Å². The molecule has 0 aliphatic carbocycles. The lowest BCUT2D eigenvalue weighted by molar-refractivity contribution is 0.816. The third-order valence-electron chi connectivity index (χ3n) is 3.28. The van der Waals surface area contributed by atoms with Gasteiger partial charge < -0.3 is 5.32 Å². The number of anilines is 1. The van der Waals surface area contributed by atoms with Crippen molar-refractivity contribution in [1.82, 2.24) is 9.97 Å². The number of hydrogen-bond donors (Lipinski definition) is 1. The molecule has 1 atom stereocenters. The van der Waals surface area contributed by atoms with Crippen molar-refractivity contribution in [3.63, 3.8) is 0 Å². The van der Waals surface area contributed by atoms with Crippen molar-refractivity contribution in [2.75, 3.05) is 5.32 Å². The van der Waals surface area contributed by atoms with Crippen molar-refractivity contribution < 1.29 is 0 Å². The minimum absolute atomic E-state index is 0.305. The topological polar surface area (TPSA) is 37.8 Å². The molecule has 0 spiro atoms. The van der Waals surface area contributed by atoms with Crippen molar-refractivity contribution >= 4 is 27.2 Å². The molecule has 3 heterocycles. The predicted molar refractivity (Wildman–Crippen MR) is 73.9 cm³/mol. The Morgan fingerprint density at radius 1 is 1.22 bits per heavy atom. The van der Waals surface area contributed by atoms with Crippen LogP contribution in [0.15, 0.2) is 42.7 Å². The first-order chi connectivity index (χ1) is 8.90. The van der Waals surface area contributed by atoms with E-state index in [0.29, 0.717) is 6.04 Å². The molecule has 18 heavy (non-hydrogen) atoms. The highest BCUT2D eigenvalue weighted by Crippen LogP contribution is 2.36. The van der Waals surface area contributed by atoms with Gasteiger partial charge in [-0.25, -0.2) is 4.98 Å². The molecule has 2 aromatic heterocycles. The average Bonchev–Trinajstić information content (AvgIpc) is 3.02. The van der Waals surface area contributed by atoms with Gasteiger partial charge in [0.25, 0.3) is 0 Å². The molecule has 1 aliphatic heterocycles. The van der Waals surface area contributed by atoms with Crippen LogP contribution in [0.4, 0.5) is 5.69 Å². The van der Waals surface area contributed by atoms with Crippen LogP contribution in [0, 0.1) is 0 Å². The third-order valence-corrected chi connectivity index (χ3v) is 4.43. The van der Waals surface area contributed by atoms with Crippen molar-refractivity contribution in [2.45, 2.75) is 12.5 Å². The monoisotopic (exact) mass is 253 g/mol. The first-order valence-corrected chi connectivity index (χ1v) is 6.77. The molecule has 0 saturated heterocycles. The molecule has 0 amide bonds. The zero-order valence-corrected chi connectivity index (χ0v) is 10.4. The number of hydrogen-bond acceptors (Lipinski definition) is 4. The van der Waals surface area contributed by atoms with Crippen molar-refractivity contribution in [2.24, 2.45) is 0 Å². The van der Waals surface area contributed by atoms with Crippen molar-refractivity contribution in [3.8, 4) is 0 Å². The molecule has 3 nitrogen and oxygen atoms in total. The van der Waals surface area contributed by atoms with Crippen LogP contribution in [-0.2, 0) is 6.42 Å². The summed E-state index contributed by atoms with van der Waals surface area (Å²) in [4.78, 5) is 8.79. The zero-order valence-electron chi connectivity index (χ0n) is 9.63. The standard InChI is InChI=1S/C14H11N3S/c1-2-4-10-9(3-1)7-11(16-10)14-17-12-8-15-6-5-13(12)18-14/h1-6,8,11,16H,7H2. The largest absolute Gasteiger partial charge is 0.375 e. The van der Waals surface area contributed by atoms with Crippen LogP contribution in [0.5, 0.6) is 0 Å². The summed E-state index contributed by atoms with van der Waals surface area (Å²) < 4.78 is 1.21. The number of rotatable bonds is 1. The molecule has 0 radical (unpaired) electrons. The van der Waals surface area contributed by atoms with Crippen LogP contribution in [0.25, 0.3) is 10.2 Å². The fourth-order valence-electron chi connectivity index (χ4n) is 2.39. The highest BCUT2D eigenvalue weighted by Gasteiger charge is 2.24. The zero-order chi connectivity index (χ0) is 11.9. The molecule has 1 aromatic carbocycles. The number of pyridine rings is 1. The second-order valence-corrected chi connectivity index (χ2v) is 5.52. The normalized spacial score (nSPS) is 17.7. The summed E-state index contributed by atoms with van der Waals surface area (Å²) >= 11 is 1.75. The smallest absolute Gasteiger partial charge is 0.117 e. The van der Waals surface area contributed by atoms with E-state index in [4.69, 9.17) is 0 Å². The number of para-hydroxylation sites is 1. The maximum atomic E-state index is 4.67. The highest BCUT2D eigenvalue weighted by atomic mass is 32.1. The highest BCUT2D eigenvalue weighted by molar-refractivity contribution is 7.18. The molecule has 1 unspecified atom stereocenters. The van der Waals surface area contributed by atoms with Crippen molar-refractivity contribution in [1.29, 1.82) is 0 Å². The van der Waals surface area contributed by atoms with E-state index in [-0.39, 0.29) is 0 Å². The molecule has 0 bridgehead atoms. The lowest BCUT2D eigenvalue weighted by Gasteiger charge is -2.06. The van der Waals surface area contributed by atoms with Gasteiger partial charge in [0.1, 0.15) is 5.01 Å². The molecule has 4 rings (SSSR count). The summed E-state index contributed by atoms with van der Waals surface area (Å²) in [6.07, 6.45) is 4.67. The number of thiazole rings is 1. The van der Waals surface area contributed by atoms with Gasteiger partial charge in [-0.2, -0.15) is 0 Å². The fourth-order valence-corrected chi connectivity index (χ4v) is 3.38. The number of fused-ring (bicyclic) bond motifs is 2. The Bertz CT molecular complexity index is 662. The minimum atomic E-state index is 0.305. The van der Waals surface area contributed by atoms with Gasteiger partial charge in [-0.3, -0.25) is 4.98 Å². The maximum Gasteiger partial charge on any atom is 0.117 e. The summed E-state index contributed by atoms with van der Waals surface area (Å²) in [6.45, 7) is 0. The average molecular weight is 253 g/mol. The van der Waals surface area contributed by atoms with Crippen LogP contribution >= 0.6 is 11.3 Å². The van der Waals surface area contributed by atoms with E-state index in [2.05, 4.69) is 39.6 Å². The Labute approximate surface area is 109 Å². The number of benzene rings is 1. The molecule has 0 saturated carbocycles. The summed E-state index contributed by atoms with van der Waals surface area (Å²) in [6, 6.07) is 10.8.